The van der Waals surface area contributed by atoms with Gasteiger partial charge in [0.1, 0.15) is 0 Å². The number of hydrazine groups is 1. The first-order valence-electron chi connectivity index (χ1n) is 3.98. The summed E-state index contributed by atoms with van der Waals surface area (Å²) in [5.41, 5.74) is 1.48. The largest absolute Gasteiger partial charge is 0.478 e. The molecule has 0 fully saturated rings. The van der Waals surface area contributed by atoms with Crippen LogP contribution in [0.15, 0.2) is 12.5 Å². The lowest BCUT2D eigenvalue weighted by Crippen LogP contribution is -2.39. The highest BCUT2D eigenvalue weighted by Gasteiger charge is 2.30. The molecule has 0 radical (unpaired) electrons. The van der Waals surface area contributed by atoms with Gasteiger partial charge in [-0.3, -0.25) is 5.01 Å². The molecule has 0 aromatic carbocycles. The monoisotopic (exact) mass is 442 g/mol. The Hall–Kier alpha value is 0.230. The van der Waals surface area contributed by atoms with Crippen molar-refractivity contribution in [2.45, 2.75) is 19.4 Å². The maximum atomic E-state index is 10.7. The van der Waals surface area contributed by atoms with Crippen LogP contribution in [0.4, 0.5) is 0 Å². The molecule has 0 saturated carbocycles. The van der Waals surface area contributed by atoms with E-state index < -0.39 is 11.6 Å². The molecule has 0 aliphatic heterocycles. The van der Waals surface area contributed by atoms with Gasteiger partial charge in [-0.1, -0.05) is 0 Å². The molecule has 2 N–H and O–H groups in total. The fourth-order valence-electron chi connectivity index (χ4n) is 0.531. The summed E-state index contributed by atoms with van der Waals surface area (Å²) in [5.74, 6) is -0.770. The smallest absolute Gasteiger partial charge is 0.347 e. The Bertz CT molecular complexity index is 222. The maximum Gasteiger partial charge on any atom is 0.347 e. The predicted octanol–water partition coefficient (Wildman–Crippen LogP) is 2.17. The van der Waals surface area contributed by atoms with Gasteiger partial charge >= 0.3 is 5.97 Å². The van der Waals surface area contributed by atoms with Gasteiger partial charge in [-0.15, -0.1) is 0 Å². The number of hydrogen-bond donors (Lipinski definition) is 2. The molecule has 5 nitrogen and oxygen atoms in total. The minimum Gasteiger partial charge on any atom is -0.478 e. The number of ether oxygens (including phenoxy) is 1. The van der Waals surface area contributed by atoms with Gasteiger partial charge in [0.25, 0.3) is 0 Å². The molecule has 90 valence electrons. The molecule has 0 bridgehead atoms. The summed E-state index contributed by atoms with van der Waals surface area (Å²) in [6.45, 7) is 6.50. The zero-order chi connectivity index (χ0) is 12.6. The molecule has 0 saturated heterocycles. The second-order valence-corrected chi connectivity index (χ2v) is 3.09. The van der Waals surface area contributed by atoms with E-state index in [4.69, 9.17) is 9.84 Å². The highest BCUT2D eigenvalue weighted by molar-refractivity contribution is 15.0. The van der Waals surface area contributed by atoms with Crippen molar-refractivity contribution >= 4 is 43.2 Å². The lowest BCUT2D eigenvalue weighted by molar-refractivity contribution is -0.159. The van der Waals surface area contributed by atoms with Crippen LogP contribution in [0.25, 0.3) is 0 Å². The third-order valence-electron chi connectivity index (χ3n) is 1.60. The first-order chi connectivity index (χ1) is 6.81. The molecular weight excluding hydrogens is 426 g/mol. The van der Waals surface area contributed by atoms with Crippen LogP contribution in [0, 0.1) is 0 Å². The average molecular weight is 442 g/mol. The molecule has 0 rings (SSSR count). The van der Waals surface area contributed by atoms with Crippen LogP contribution in [0.2, 0.25) is 0 Å². The Kier molecular flexibility index (Phi) is 9.85. The molecule has 0 aromatic heterocycles. The Balaban J connectivity index is 0. The van der Waals surface area contributed by atoms with Gasteiger partial charge in [0.05, 0.1) is 0 Å². The number of hydrogen-bond acceptors (Lipinski definition) is 4. The van der Waals surface area contributed by atoms with Crippen LogP contribution in [0.1, 0.15) is 13.8 Å². The van der Waals surface area contributed by atoms with E-state index in [1.54, 1.807) is 14.1 Å². The SMILES string of the molecule is C=C(OC(C)(C)C(=O)O)N(C)NC.II. The van der Waals surface area contributed by atoms with Crippen LogP contribution in [-0.4, -0.2) is 35.8 Å². The molecule has 0 spiro atoms. The number of carboxylic acid groups (broad SMARTS) is 1. The van der Waals surface area contributed by atoms with E-state index in [1.807, 2.05) is 0 Å². The third kappa shape index (κ3) is 7.17. The van der Waals surface area contributed by atoms with Gasteiger partial charge in [-0.2, -0.15) is 0 Å². The summed E-state index contributed by atoms with van der Waals surface area (Å²) in [6, 6.07) is 0. The first-order valence-corrected chi connectivity index (χ1v) is 10.3. The zero-order valence-corrected chi connectivity index (χ0v) is 13.5. The number of nitrogens with one attached hydrogen (secondary N) is 1. The van der Waals surface area contributed by atoms with Crippen molar-refractivity contribution in [3.8, 4) is 0 Å². The molecule has 0 amide bonds. The highest BCUT2D eigenvalue weighted by Crippen LogP contribution is 2.14. The van der Waals surface area contributed by atoms with E-state index in [0.717, 1.165) is 0 Å². The van der Waals surface area contributed by atoms with Crippen molar-refractivity contribution in [3.05, 3.63) is 12.5 Å². The maximum absolute atomic E-state index is 10.7. The van der Waals surface area contributed by atoms with Crippen LogP contribution < -0.4 is 5.43 Å². The molecule has 0 aliphatic rings. The number of carboxylic acids is 1. The highest BCUT2D eigenvalue weighted by atomic mass is 128. The third-order valence-corrected chi connectivity index (χ3v) is 1.60. The molecule has 0 aromatic rings. The fourth-order valence-corrected chi connectivity index (χ4v) is 0.531. The Morgan fingerprint density at radius 1 is 1.53 bits per heavy atom. The molecule has 15 heavy (non-hydrogen) atoms. The first kappa shape index (κ1) is 17.6. The number of carbonyl (C=O) groups is 1. The van der Waals surface area contributed by atoms with Crippen molar-refractivity contribution in [2.75, 3.05) is 14.1 Å². The Morgan fingerprint density at radius 2 is 1.93 bits per heavy atom. The average Bonchev–Trinajstić information content (AvgIpc) is 2.18. The predicted molar refractivity (Wildman–Crippen MR) is 76.8 cm³/mol. The number of nitrogens with zero attached hydrogens (tertiary/aromatic N) is 1. The van der Waals surface area contributed by atoms with Crippen LogP contribution in [-0.2, 0) is 9.53 Å². The lowest BCUT2D eigenvalue weighted by atomic mass is 10.1. The summed E-state index contributed by atoms with van der Waals surface area (Å²) in [5, 5.41) is 10.2. The summed E-state index contributed by atoms with van der Waals surface area (Å²) in [7, 11) is 3.36. The summed E-state index contributed by atoms with van der Waals surface area (Å²) >= 11 is 4.24. The van der Waals surface area contributed by atoms with Gasteiger partial charge in [0, 0.05) is 51.3 Å². The van der Waals surface area contributed by atoms with E-state index in [-0.39, 0.29) is 5.88 Å². The molecule has 7 heteroatoms. The number of halogens is 2. The number of rotatable bonds is 5. The zero-order valence-electron chi connectivity index (χ0n) is 9.17. The topological polar surface area (TPSA) is 61.8 Å². The second-order valence-electron chi connectivity index (χ2n) is 3.09. The van der Waals surface area contributed by atoms with Crippen molar-refractivity contribution in [1.29, 1.82) is 0 Å². The summed E-state index contributed by atoms with van der Waals surface area (Å²) in [6.07, 6.45) is 0. The van der Waals surface area contributed by atoms with E-state index in [1.165, 1.54) is 18.9 Å². The minimum atomic E-state index is -1.26. The Morgan fingerprint density at radius 3 is 2.20 bits per heavy atom. The lowest BCUT2D eigenvalue weighted by Gasteiger charge is -2.27. The molecule has 0 atom stereocenters. The van der Waals surface area contributed by atoms with Gasteiger partial charge in [-0.25, -0.2) is 10.2 Å². The normalized spacial score (nSPS) is 9.73. The van der Waals surface area contributed by atoms with E-state index >= 15 is 0 Å². The fraction of sp³-hybridized carbons (Fsp3) is 0.625. The van der Waals surface area contributed by atoms with Crippen LogP contribution in [0.5, 0.6) is 0 Å². The molecule has 0 heterocycles. The van der Waals surface area contributed by atoms with E-state index in [0.29, 0.717) is 0 Å². The molecule has 0 unspecified atom stereocenters. The van der Waals surface area contributed by atoms with Gasteiger partial charge in [-0.05, 0) is 20.4 Å². The van der Waals surface area contributed by atoms with Crippen LogP contribution in [0.3, 0.4) is 0 Å². The molecular formula is C8H16I2N2O3. The van der Waals surface area contributed by atoms with E-state index in [2.05, 4.69) is 49.2 Å². The molecule has 0 aliphatic carbocycles. The van der Waals surface area contributed by atoms with Gasteiger partial charge < -0.3 is 9.84 Å². The van der Waals surface area contributed by atoms with E-state index in [9.17, 15) is 4.79 Å². The van der Waals surface area contributed by atoms with Crippen molar-refractivity contribution < 1.29 is 14.6 Å². The Labute approximate surface area is 114 Å². The minimum absolute atomic E-state index is 0.259. The second kappa shape index (κ2) is 8.39. The standard InChI is InChI=1S/C8H16N2O3.I2/c1-6(10(5)9-4)13-8(2,3)7(11)12;1-2/h9H,1H2,2-5H3,(H,11,12);. The van der Waals surface area contributed by atoms with Gasteiger partial charge in [0.2, 0.25) is 5.60 Å². The summed E-state index contributed by atoms with van der Waals surface area (Å²) in [4.78, 5) is 10.7. The van der Waals surface area contributed by atoms with Gasteiger partial charge in [0.15, 0.2) is 5.88 Å². The van der Waals surface area contributed by atoms with Crippen LogP contribution >= 0.6 is 37.2 Å². The number of aliphatic carboxylic acids is 1. The van der Waals surface area contributed by atoms with Crippen molar-refractivity contribution in [2.24, 2.45) is 0 Å². The van der Waals surface area contributed by atoms with Crippen molar-refractivity contribution in [3.63, 3.8) is 0 Å². The summed E-state index contributed by atoms with van der Waals surface area (Å²) < 4.78 is 5.12. The van der Waals surface area contributed by atoms with Crippen molar-refractivity contribution in [1.82, 2.24) is 10.4 Å². The quantitative estimate of drug-likeness (QED) is 0.389.